The maximum Gasteiger partial charge on any atom is 0.305 e. The van der Waals surface area contributed by atoms with Crippen molar-refractivity contribution in [3.05, 3.63) is 70.9 Å². The van der Waals surface area contributed by atoms with Gasteiger partial charge in [-0.1, -0.05) is 80.6 Å². The number of halogens is 1. The molecular weight excluding hydrogens is 580 g/mol. The van der Waals surface area contributed by atoms with Crippen molar-refractivity contribution in [1.82, 2.24) is 14.8 Å². The molecule has 3 amide bonds. The largest absolute Gasteiger partial charge is 0.469 e. The van der Waals surface area contributed by atoms with E-state index in [1.165, 1.54) is 7.11 Å². The standard InChI is InChI=1S/C34H45ClN4O5/c1-4-6-7-8-15-25(21-31(36)40)39(5-2)34(43)29(18-13-20-32(41)44-3)37-33(42)27-23-38(30-19-12-10-16-26(27)30)22-24-14-9-11-17-28(24)35/h9-12,14,16-17,19,23,25,29H,4-8,13,15,18,20-22H2,1-3H3,(H2,36,40)(H,37,42)/t25-,29-/m0/s1. The zero-order chi connectivity index (χ0) is 32.1. The lowest BCUT2D eigenvalue weighted by atomic mass is 10.00. The number of fused-ring (bicyclic) bond motifs is 1. The van der Waals surface area contributed by atoms with Crippen molar-refractivity contribution in [1.29, 1.82) is 0 Å². The van der Waals surface area contributed by atoms with Crippen LogP contribution in [0.2, 0.25) is 5.02 Å². The van der Waals surface area contributed by atoms with Crippen LogP contribution in [0.5, 0.6) is 0 Å². The van der Waals surface area contributed by atoms with Crippen molar-refractivity contribution < 1.29 is 23.9 Å². The molecule has 0 unspecified atom stereocenters. The van der Waals surface area contributed by atoms with Gasteiger partial charge < -0.3 is 25.3 Å². The van der Waals surface area contributed by atoms with Gasteiger partial charge in [-0.05, 0) is 43.9 Å². The third kappa shape index (κ3) is 9.58. The lowest BCUT2D eigenvalue weighted by Crippen LogP contribution is -2.52. The molecule has 1 heterocycles. The average Bonchev–Trinajstić information content (AvgIpc) is 3.38. The van der Waals surface area contributed by atoms with Crippen LogP contribution < -0.4 is 11.1 Å². The van der Waals surface area contributed by atoms with Gasteiger partial charge >= 0.3 is 5.97 Å². The number of unbranched alkanes of at least 4 members (excludes halogenated alkanes) is 3. The maximum atomic E-state index is 14.1. The van der Waals surface area contributed by atoms with E-state index in [9.17, 15) is 19.2 Å². The van der Waals surface area contributed by atoms with Gasteiger partial charge in [0.25, 0.3) is 5.91 Å². The van der Waals surface area contributed by atoms with E-state index in [1.807, 2.05) is 60.0 Å². The number of nitrogens with zero attached hydrogens (tertiary/aromatic N) is 2. The van der Waals surface area contributed by atoms with Gasteiger partial charge in [0.2, 0.25) is 11.8 Å². The molecule has 2 atom stereocenters. The zero-order valence-electron chi connectivity index (χ0n) is 26.0. The van der Waals surface area contributed by atoms with Crippen LogP contribution in [0, 0.1) is 0 Å². The van der Waals surface area contributed by atoms with Crippen LogP contribution in [-0.4, -0.2) is 58.9 Å². The molecule has 3 N–H and O–H groups in total. The molecule has 0 fully saturated rings. The van der Waals surface area contributed by atoms with Crippen LogP contribution in [0.4, 0.5) is 0 Å². The topological polar surface area (TPSA) is 124 Å². The summed E-state index contributed by atoms with van der Waals surface area (Å²) in [4.78, 5) is 53.4. The minimum atomic E-state index is -0.913. The number of primary amides is 1. The van der Waals surface area contributed by atoms with Crippen molar-refractivity contribution in [2.24, 2.45) is 5.73 Å². The predicted octanol–water partition coefficient (Wildman–Crippen LogP) is 5.85. The number of likely N-dealkylation sites (N-methyl/N-ethyl adjacent to an activating group) is 1. The van der Waals surface area contributed by atoms with Crippen molar-refractivity contribution in [3.63, 3.8) is 0 Å². The highest BCUT2D eigenvalue weighted by molar-refractivity contribution is 6.31. The molecule has 3 rings (SSSR count). The number of nitrogens with two attached hydrogens (primary N) is 1. The van der Waals surface area contributed by atoms with Gasteiger partial charge in [-0.15, -0.1) is 0 Å². The molecule has 0 bridgehead atoms. The summed E-state index contributed by atoms with van der Waals surface area (Å²) in [6.07, 6.45) is 7.14. The molecule has 3 aromatic rings. The van der Waals surface area contributed by atoms with Crippen molar-refractivity contribution in [3.8, 4) is 0 Å². The highest BCUT2D eigenvalue weighted by atomic mass is 35.5. The van der Waals surface area contributed by atoms with E-state index < -0.39 is 17.9 Å². The van der Waals surface area contributed by atoms with Crippen molar-refractivity contribution >= 4 is 46.2 Å². The number of hydrogen-bond acceptors (Lipinski definition) is 5. The third-order valence-corrected chi connectivity index (χ3v) is 8.30. The van der Waals surface area contributed by atoms with Crippen LogP contribution in [0.3, 0.4) is 0 Å². The molecule has 238 valence electrons. The number of carbonyl (C=O) groups is 4. The summed E-state index contributed by atoms with van der Waals surface area (Å²) in [6.45, 7) is 4.79. The molecule has 0 aliphatic heterocycles. The van der Waals surface area contributed by atoms with E-state index in [-0.39, 0.29) is 37.2 Å². The predicted molar refractivity (Wildman–Crippen MR) is 173 cm³/mol. The number of ether oxygens (including phenoxy) is 1. The lowest BCUT2D eigenvalue weighted by Gasteiger charge is -2.33. The van der Waals surface area contributed by atoms with Crippen LogP contribution in [0.15, 0.2) is 54.7 Å². The number of carbonyl (C=O) groups excluding carboxylic acids is 4. The summed E-state index contributed by atoms with van der Waals surface area (Å²) in [7, 11) is 1.32. The van der Waals surface area contributed by atoms with Crippen molar-refractivity contribution in [2.45, 2.75) is 90.3 Å². The molecule has 2 aromatic carbocycles. The quantitative estimate of drug-likeness (QED) is 0.136. The number of aromatic nitrogens is 1. The second-order valence-corrected chi connectivity index (χ2v) is 11.5. The normalized spacial score (nSPS) is 12.5. The Morgan fingerprint density at radius 3 is 2.39 bits per heavy atom. The second-order valence-electron chi connectivity index (χ2n) is 11.1. The summed E-state index contributed by atoms with van der Waals surface area (Å²) in [5, 5.41) is 4.34. The van der Waals surface area contributed by atoms with E-state index in [1.54, 1.807) is 11.1 Å². The Morgan fingerprint density at radius 1 is 0.977 bits per heavy atom. The Morgan fingerprint density at radius 2 is 1.70 bits per heavy atom. The molecule has 0 radical (unpaired) electrons. The maximum absolute atomic E-state index is 14.1. The first-order valence-corrected chi connectivity index (χ1v) is 15.9. The van der Waals surface area contributed by atoms with Crippen LogP contribution in [-0.2, 0) is 25.7 Å². The molecule has 0 saturated heterocycles. The molecule has 0 saturated carbocycles. The van der Waals surface area contributed by atoms with Gasteiger partial charge in [-0.25, -0.2) is 0 Å². The Balaban J connectivity index is 1.90. The molecule has 0 aliphatic carbocycles. The lowest BCUT2D eigenvalue weighted by molar-refractivity contribution is -0.141. The molecular formula is C34H45ClN4O5. The molecule has 9 nitrogen and oxygen atoms in total. The highest BCUT2D eigenvalue weighted by Gasteiger charge is 2.31. The zero-order valence-corrected chi connectivity index (χ0v) is 26.8. The van der Waals surface area contributed by atoms with Gasteiger partial charge in [0.1, 0.15) is 6.04 Å². The van der Waals surface area contributed by atoms with Crippen LogP contribution in [0.25, 0.3) is 10.9 Å². The first kappa shape index (κ1) is 34.6. The fraction of sp³-hybridized carbons (Fsp3) is 0.471. The summed E-state index contributed by atoms with van der Waals surface area (Å²) < 4.78 is 6.75. The Labute approximate surface area is 265 Å². The fourth-order valence-corrected chi connectivity index (χ4v) is 5.81. The smallest absolute Gasteiger partial charge is 0.305 e. The Kier molecular flexibility index (Phi) is 13.7. The van der Waals surface area contributed by atoms with Gasteiger partial charge in [-0.3, -0.25) is 19.2 Å². The average molecular weight is 625 g/mol. The van der Waals surface area contributed by atoms with Gasteiger partial charge in [-0.2, -0.15) is 0 Å². The van der Waals surface area contributed by atoms with E-state index >= 15 is 0 Å². The molecule has 0 aliphatic rings. The number of rotatable bonds is 18. The SMILES string of the molecule is CCCCCC[C@@H](CC(N)=O)N(CC)C(=O)[C@H](CCCC(=O)OC)NC(=O)c1cn(Cc2ccccc2Cl)c2ccccc12. The number of para-hydroxylation sites is 1. The second kappa shape index (κ2) is 17.4. The number of hydrogen-bond donors (Lipinski definition) is 2. The number of benzene rings is 2. The monoisotopic (exact) mass is 624 g/mol. The summed E-state index contributed by atoms with van der Waals surface area (Å²) in [5.74, 6) is -1.57. The third-order valence-electron chi connectivity index (χ3n) is 7.93. The summed E-state index contributed by atoms with van der Waals surface area (Å²) >= 11 is 6.43. The molecule has 1 aromatic heterocycles. The first-order chi connectivity index (χ1) is 21.2. The number of esters is 1. The van der Waals surface area contributed by atoms with Crippen LogP contribution >= 0.6 is 11.6 Å². The highest BCUT2D eigenvalue weighted by Crippen LogP contribution is 2.25. The molecule has 10 heteroatoms. The van der Waals surface area contributed by atoms with E-state index in [4.69, 9.17) is 22.1 Å². The van der Waals surface area contributed by atoms with E-state index in [2.05, 4.69) is 12.2 Å². The minimum absolute atomic E-state index is 0.0457. The first-order valence-electron chi connectivity index (χ1n) is 15.5. The van der Waals surface area contributed by atoms with Gasteiger partial charge in [0.15, 0.2) is 0 Å². The number of amides is 3. The fourth-order valence-electron chi connectivity index (χ4n) is 5.62. The molecule has 44 heavy (non-hydrogen) atoms. The Hall–Kier alpha value is -3.85. The van der Waals surface area contributed by atoms with E-state index in [0.29, 0.717) is 36.5 Å². The summed E-state index contributed by atoms with van der Waals surface area (Å²) in [5.41, 5.74) is 7.78. The molecule has 0 spiro atoms. The number of nitrogens with one attached hydrogen (secondary N) is 1. The van der Waals surface area contributed by atoms with Gasteiger partial charge in [0.05, 0.1) is 12.7 Å². The van der Waals surface area contributed by atoms with Gasteiger partial charge in [0, 0.05) is 54.1 Å². The van der Waals surface area contributed by atoms with E-state index in [0.717, 1.165) is 42.1 Å². The minimum Gasteiger partial charge on any atom is -0.469 e. The number of methoxy groups -OCH3 is 1. The van der Waals surface area contributed by atoms with Crippen LogP contribution in [0.1, 0.15) is 87.6 Å². The summed E-state index contributed by atoms with van der Waals surface area (Å²) in [6, 6.07) is 13.9. The Bertz CT molecular complexity index is 1420. The van der Waals surface area contributed by atoms with Crippen molar-refractivity contribution in [2.75, 3.05) is 13.7 Å².